The van der Waals surface area contributed by atoms with Crippen LogP contribution in [0.2, 0.25) is 0 Å². The highest BCUT2D eigenvalue weighted by atomic mass is 32.2. The fourth-order valence-corrected chi connectivity index (χ4v) is 3.27. The average Bonchev–Trinajstić information content (AvgIpc) is 2.42. The van der Waals surface area contributed by atoms with E-state index in [0.29, 0.717) is 6.04 Å². The number of nitrogens with zero attached hydrogens (tertiary/aromatic N) is 1. The molecule has 0 aliphatic carbocycles. The van der Waals surface area contributed by atoms with Gasteiger partial charge in [0, 0.05) is 19.1 Å². The van der Waals surface area contributed by atoms with Crippen molar-refractivity contribution >= 4 is 11.8 Å². The van der Waals surface area contributed by atoms with Crippen molar-refractivity contribution in [1.82, 2.24) is 4.90 Å². The third kappa shape index (κ3) is 3.50. The molecule has 100 valence electrons. The molecule has 1 heterocycles. The number of rotatable bonds is 6. The molecule has 0 radical (unpaired) electrons. The van der Waals surface area contributed by atoms with Gasteiger partial charge in [-0.25, -0.2) is 0 Å². The molecule has 0 saturated carbocycles. The van der Waals surface area contributed by atoms with Gasteiger partial charge in [0.15, 0.2) is 0 Å². The molecule has 2 N–H and O–H groups in total. The van der Waals surface area contributed by atoms with Gasteiger partial charge >= 0.3 is 0 Å². The molecular weight excluding hydrogens is 240 g/mol. The standard InChI is InChI=1S/C15H24N2S/c1-2-18-9-5-8-17-12-14-7-4-3-6-13(14)10-15(17)11-16/h3-4,6-7,15H,2,5,8-12,16H2,1H3. The van der Waals surface area contributed by atoms with Gasteiger partial charge in [0.2, 0.25) is 0 Å². The van der Waals surface area contributed by atoms with Crippen LogP contribution in [-0.2, 0) is 13.0 Å². The zero-order chi connectivity index (χ0) is 12.8. The van der Waals surface area contributed by atoms with E-state index >= 15 is 0 Å². The maximum Gasteiger partial charge on any atom is 0.0262 e. The normalized spacial score (nSPS) is 19.8. The van der Waals surface area contributed by atoms with Crippen molar-refractivity contribution in [2.75, 3.05) is 24.6 Å². The Hall–Kier alpha value is -0.510. The Morgan fingerprint density at radius 1 is 1.33 bits per heavy atom. The van der Waals surface area contributed by atoms with E-state index in [0.717, 1.165) is 19.5 Å². The minimum Gasteiger partial charge on any atom is -0.329 e. The Morgan fingerprint density at radius 3 is 2.83 bits per heavy atom. The van der Waals surface area contributed by atoms with Gasteiger partial charge in [0.1, 0.15) is 0 Å². The predicted octanol–water partition coefficient (Wildman–Crippen LogP) is 2.52. The zero-order valence-corrected chi connectivity index (χ0v) is 12.1. The first-order valence-electron chi connectivity index (χ1n) is 6.93. The molecule has 2 nitrogen and oxygen atoms in total. The van der Waals surface area contributed by atoms with Gasteiger partial charge < -0.3 is 5.73 Å². The van der Waals surface area contributed by atoms with Crippen LogP contribution in [0.5, 0.6) is 0 Å². The lowest BCUT2D eigenvalue weighted by Gasteiger charge is -2.36. The Bertz CT molecular complexity index is 367. The summed E-state index contributed by atoms with van der Waals surface area (Å²) in [6.07, 6.45) is 2.39. The molecular formula is C15H24N2S. The highest BCUT2D eigenvalue weighted by Gasteiger charge is 2.23. The molecule has 0 fully saturated rings. The van der Waals surface area contributed by atoms with E-state index in [1.807, 2.05) is 11.8 Å². The second-order valence-electron chi connectivity index (χ2n) is 4.88. The third-order valence-electron chi connectivity index (χ3n) is 3.67. The van der Waals surface area contributed by atoms with Crippen molar-refractivity contribution in [3.63, 3.8) is 0 Å². The topological polar surface area (TPSA) is 29.3 Å². The van der Waals surface area contributed by atoms with Gasteiger partial charge in [-0.3, -0.25) is 4.90 Å². The van der Waals surface area contributed by atoms with Crippen LogP contribution in [0.4, 0.5) is 0 Å². The van der Waals surface area contributed by atoms with E-state index in [1.54, 1.807) is 0 Å². The van der Waals surface area contributed by atoms with Crippen molar-refractivity contribution < 1.29 is 0 Å². The van der Waals surface area contributed by atoms with Crippen molar-refractivity contribution in [3.05, 3.63) is 35.4 Å². The van der Waals surface area contributed by atoms with E-state index in [4.69, 9.17) is 5.73 Å². The Balaban J connectivity index is 1.94. The molecule has 0 saturated heterocycles. The summed E-state index contributed by atoms with van der Waals surface area (Å²) >= 11 is 2.03. The van der Waals surface area contributed by atoms with Crippen LogP contribution in [-0.4, -0.2) is 35.5 Å². The molecule has 2 rings (SSSR count). The zero-order valence-electron chi connectivity index (χ0n) is 11.3. The maximum atomic E-state index is 5.93. The third-order valence-corrected chi connectivity index (χ3v) is 4.66. The summed E-state index contributed by atoms with van der Waals surface area (Å²) < 4.78 is 0. The molecule has 0 amide bonds. The van der Waals surface area contributed by atoms with Crippen LogP contribution in [0.25, 0.3) is 0 Å². The summed E-state index contributed by atoms with van der Waals surface area (Å²) in [7, 11) is 0. The van der Waals surface area contributed by atoms with Gasteiger partial charge in [-0.15, -0.1) is 0 Å². The summed E-state index contributed by atoms with van der Waals surface area (Å²) in [4.78, 5) is 2.57. The minimum atomic E-state index is 0.534. The van der Waals surface area contributed by atoms with Gasteiger partial charge in [-0.2, -0.15) is 11.8 Å². The molecule has 1 unspecified atom stereocenters. The summed E-state index contributed by atoms with van der Waals surface area (Å²) in [5.41, 5.74) is 8.92. The number of fused-ring (bicyclic) bond motifs is 1. The van der Waals surface area contributed by atoms with Gasteiger partial charge in [0.05, 0.1) is 0 Å². The van der Waals surface area contributed by atoms with Crippen molar-refractivity contribution in [3.8, 4) is 0 Å². The van der Waals surface area contributed by atoms with Gasteiger partial charge in [0.25, 0.3) is 0 Å². The van der Waals surface area contributed by atoms with E-state index in [2.05, 4.69) is 36.1 Å². The lowest BCUT2D eigenvalue weighted by Crippen LogP contribution is -2.45. The molecule has 1 atom stereocenters. The van der Waals surface area contributed by atoms with Gasteiger partial charge in [-0.1, -0.05) is 31.2 Å². The van der Waals surface area contributed by atoms with E-state index in [-0.39, 0.29) is 0 Å². The average molecular weight is 264 g/mol. The molecule has 1 aromatic rings. The number of hydrogen-bond acceptors (Lipinski definition) is 3. The summed E-state index contributed by atoms with van der Waals surface area (Å²) in [6, 6.07) is 9.33. The summed E-state index contributed by atoms with van der Waals surface area (Å²) in [6.45, 7) is 5.26. The highest BCUT2D eigenvalue weighted by Crippen LogP contribution is 2.23. The van der Waals surface area contributed by atoms with Crippen LogP contribution < -0.4 is 5.73 Å². The maximum absolute atomic E-state index is 5.93. The monoisotopic (exact) mass is 264 g/mol. The van der Waals surface area contributed by atoms with Crippen LogP contribution in [0.1, 0.15) is 24.5 Å². The fraction of sp³-hybridized carbons (Fsp3) is 0.600. The molecule has 0 bridgehead atoms. The summed E-state index contributed by atoms with van der Waals surface area (Å²) in [5.74, 6) is 2.50. The smallest absolute Gasteiger partial charge is 0.0262 e. The van der Waals surface area contributed by atoms with E-state index in [9.17, 15) is 0 Å². The minimum absolute atomic E-state index is 0.534. The van der Waals surface area contributed by atoms with Crippen molar-refractivity contribution in [2.45, 2.75) is 32.4 Å². The second-order valence-corrected chi connectivity index (χ2v) is 6.28. The van der Waals surface area contributed by atoms with Crippen LogP contribution in [0.3, 0.4) is 0 Å². The number of hydrogen-bond donors (Lipinski definition) is 1. The first kappa shape index (κ1) is 13.9. The van der Waals surface area contributed by atoms with Gasteiger partial charge in [-0.05, 0) is 42.0 Å². The Morgan fingerprint density at radius 2 is 2.11 bits per heavy atom. The molecule has 0 aromatic heterocycles. The van der Waals surface area contributed by atoms with Crippen LogP contribution in [0.15, 0.2) is 24.3 Å². The number of nitrogens with two attached hydrogens (primary N) is 1. The van der Waals surface area contributed by atoms with E-state index < -0.39 is 0 Å². The lowest BCUT2D eigenvalue weighted by atomic mass is 9.94. The molecule has 1 aliphatic heterocycles. The quantitative estimate of drug-likeness (QED) is 0.801. The molecule has 1 aromatic carbocycles. The summed E-state index contributed by atoms with van der Waals surface area (Å²) in [5, 5.41) is 0. The number of thioether (sulfide) groups is 1. The van der Waals surface area contributed by atoms with Crippen molar-refractivity contribution in [1.29, 1.82) is 0 Å². The SMILES string of the molecule is CCSCCCN1Cc2ccccc2CC1CN. The molecule has 18 heavy (non-hydrogen) atoms. The predicted molar refractivity (Wildman–Crippen MR) is 81.0 cm³/mol. The number of benzene rings is 1. The first-order valence-corrected chi connectivity index (χ1v) is 8.09. The van der Waals surface area contributed by atoms with Crippen LogP contribution in [0, 0.1) is 0 Å². The van der Waals surface area contributed by atoms with E-state index in [1.165, 1.54) is 35.6 Å². The Labute approximate surface area is 115 Å². The molecule has 1 aliphatic rings. The van der Waals surface area contributed by atoms with Crippen molar-refractivity contribution in [2.24, 2.45) is 5.73 Å². The molecule has 3 heteroatoms. The Kier molecular flexibility index (Phi) is 5.54. The lowest BCUT2D eigenvalue weighted by molar-refractivity contribution is 0.177. The fourth-order valence-electron chi connectivity index (χ4n) is 2.65. The highest BCUT2D eigenvalue weighted by molar-refractivity contribution is 7.99. The second kappa shape index (κ2) is 7.17. The molecule has 0 spiro atoms. The van der Waals surface area contributed by atoms with Crippen LogP contribution >= 0.6 is 11.8 Å². The first-order chi connectivity index (χ1) is 8.85. The largest absolute Gasteiger partial charge is 0.329 e.